The van der Waals surface area contributed by atoms with Crippen molar-refractivity contribution in [1.29, 1.82) is 0 Å². The zero-order valence-corrected chi connectivity index (χ0v) is 9.07. The van der Waals surface area contributed by atoms with Gasteiger partial charge < -0.3 is 0 Å². The first-order valence-corrected chi connectivity index (χ1v) is 4.88. The molecule has 0 heteroatoms. The Morgan fingerprint density at radius 1 is 1.09 bits per heavy atom. The van der Waals surface area contributed by atoms with Crippen LogP contribution in [0.25, 0.3) is 0 Å². The standard InChI is InChI=1S/C11H24/c1-7-9(2)8-10(3)11(4,5)6/h9-10H,7-8H2,1-6H3/t9-,10-/m1/s1. The van der Waals surface area contributed by atoms with Crippen molar-refractivity contribution in [2.24, 2.45) is 17.3 Å². The Labute approximate surface area is 72.4 Å². The lowest BCUT2D eigenvalue weighted by Gasteiger charge is -2.29. The second-order valence-electron chi connectivity index (χ2n) is 5.02. The van der Waals surface area contributed by atoms with Crippen LogP contribution in [0.15, 0.2) is 0 Å². The van der Waals surface area contributed by atoms with Gasteiger partial charge in [-0.2, -0.15) is 0 Å². The Balaban J connectivity index is 3.77. The Bertz CT molecular complexity index is 97.1. The molecule has 0 rings (SSSR count). The van der Waals surface area contributed by atoms with Crippen LogP contribution in [0, 0.1) is 17.3 Å². The molecule has 68 valence electrons. The molecule has 0 saturated heterocycles. The minimum absolute atomic E-state index is 0.490. The number of hydrogen-bond donors (Lipinski definition) is 0. The molecule has 0 saturated carbocycles. The van der Waals surface area contributed by atoms with E-state index in [2.05, 4.69) is 41.5 Å². The maximum absolute atomic E-state index is 2.37. The minimum atomic E-state index is 0.490. The summed E-state index contributed by atoms with van der Waals surface area (Å²) in [6.07, 6.45) is 2.69. The zero-order valence-electron chi connectivity index (χ0n) is 9.07. The summed E-state index contributed by atoms with van der Waals surface area (Å²) in [6.45, 7) is 14.0. The van der Waals surface area contributed by atoms with Gasteiger partial charge in [-0.1, -0.05) is 48.0 Å². The molecule has 0 aliphatic heterocycles. The van der Waals surface area contributed by atoms with Crippen LogP contribution in [-0.2, 0) is 0 Å². The normalized spacial score (nSPS) is 18.0. The summed E-state index contributed by atoms with van der Waals surface area (Å²) in [5.41, 5.74) is 0.490. The summed E-state index contributed by atoms with van der Waals surface area (Å²) < 4.78 is 0. The van der Waals surface area contributed by atoms with E-state index in [0.29, 0.717) is 5.41 Å². The molecular weight excluding hydrogens is 132 g/mol. The van der Waals surface area contributed by atoms with Crippen molar-refractivity contribution in [2.45, 2.75) is 54.4 Å². The van der Waals surface area contributed by atoms with Crippen LogP contribution >= 0.6 is 0 Å². The SMILES string of the molecule is CC[C@@H](C)C[C@@H](C)C(C)(C)C. The van der Waals surface area contributed by atoms with Crippen molar-refractivity contribution in [3.05, 3.63) is 0 Å². The predicted octanol–water partition coefficient (Wildman–Crippen LogP) is 4.10. The summed E-state index contributed by atoms with van der Waals surface area (Å²) in [6, 6.07) is 0. The van der Waals surface area contributed by atoms with Gasteiger partial charge in [0.2, 0.25) is 0 Å². The molecule has 0 radical (unpaired) electrons. The van der Waals surface area contributed by atoms with Crippen molar-refractivity contribution in [1.82, 2.24) is 0 Å². The quantitative estimate of drug-likeness (QED) is 0.577. The molecule has 0 N–H and O–H groups in total. The zero-order chi connectivity index (χ0) is 9.07. The van der Waals surface area contributed by atoms with Crippen LogP contribution < -0.4 is 0 Å². The highest BCUT2D eigenvalue weighted by atomic mass is 14.3. The molecule has 0 spiro atoms. The maximum Gasteiger partial charge on any atom is -0.0357 e. The monoisotopic (exact) mass is 156 g/mol. The molecule has 0 aliphatic carbocycles. The second kappa shape index (κ2) is 4.13. The first-order valence-electron chi connectivity index (χ1n) is 4.88. The summed E-state index contributed by atoms with van der Waals surface area (Å²) in [7, 11) is 0. The van der Waals surface area contributed by atoms with E-state index in [1.165, 1.54) is 12.8 Å². The van der Waals surface area contributed by atoms with Gasteiger partial charge in [0.1, 0.15) is 0 Å². The van der Waals surface area contributed by atoms with E-state index in [9.17, 15) is 0 Å². The van der Waals surface area contributed by atoms with Crippen LogP contribution in [-0.4, -0.2) is 0 Å². The first-order chi connectivity index (χ1) is 4.88. The van der Waals surface area contributed by atoms with Gasteiger partial charge in [-0.05, 0) is 23.7 Å². The highest BCUT2D eigenvalue weighted by Gasteiger charge is 2.20. The van der Waals surface area contributed by atoms with Gasteiger partial charge in [-0.25, -0.2) is 0 Å². The third kappa shape index (κ3) is 4.44. The Hall–Kier alpha value is 0. The van der Waals surface area contributed by atoms with Gasteiger partial charge in [0, 0.05) is 0 Å². The highest BCUT2D eigenvalue weighted by molar-refractivity contribution is 4.71. The van der Waals surface area contributed by atoms with Crippen LogP contribution in [0.5, 0.6) is 0 Å². The number of hydrogen-bond acceptors (Lipinski definition) is 0. The third-order valence-electron chi connectivity index (χ3n) is 2.93. The van der Waals surface area contributed by atoms with E-state index < -0.39 is 0 Å². The summed E-state index contributed by atoms with van der Waals surface area (Å²) in [4.78, 5) is 0. The van der Waals surface area contributed by atoms with Crippen molar-refractivity contribution in [3.63, 3.8) is 0 Å². The summed E-state index contributed by atoms with van der Waals surface area (Å²) in [5, 5.41) is 0. The van der Waals surface area contributed by atoms with Crippen LogP contribution in [0.4, 0.5) is 0 Å². The molecule has 0 unspecified atom stereocenters. The molecule has 2 atom stereocenters. The number of rotatable bonds is 3. The largest absolute Gasteiger partial charge is 0.0651 e. The molecule has 0 heterocycles. The molecule has 0 aliphatic rings. The average Bonchev–Trinajstić information content (AvgIpc) is 1.85. The highest BCUT2D eigenvalue weighted by Crippen LogP contribution is 2.31. The third-order valence-corrected chi connectivity index (χ3v) is 2.93. The molecule has 0 fully saturated rings. The molecule has 0 aromatic heterocycles. The molecule has 0 bridgehead atoms. The molecule has 0 aromatic rings. The molecule has 0 nitrogen and oxygen atoms in total. The van der Waals surface area contributed by atoms with Crippen molar-refractivity contribution >= 4 is 0 Å². The van der Waals surface area contributed by atoms with Crippen molar-refractivity contribution in [3.8, 4) is 0 Å². The fourth-order valence-corrected chi connectivity index (χ4v) is 1.12. The van der Waals surface area contributed by atoms with Gasteiger partial charge in [-0.15, -0.1) is 0 Å². The molecular formula is C11H24. The summed E-state index contributed by atoms with van der Waals surface area (Å²) in [5.74, 6) is 1.74. The fourth-order valence-electron chi connectivity index (χ4n) is 1.12. The van der Waals surface area contributed by atoms with Crippen molar-refractivity contribution < 1.29 is 0 Å². The van der Waals surface area contributed by atoms with E-state index in [-0.39, 0.29) is 0 Å². The van der Waals surface area contributed by atoms with Crippen LogP contribution in [0.1, 0.15) is 54.4 Å². The lowest BCUT2D eigenvalue weighted by molar-refractivity contribution is 0.217. The lowest BCUT2D eigenvalue weighted by atomic mass is 9.77. The van der Waals surface area contributed by atoms with Gasteiger partial charge in [0.15, 0.2) is 0 Å². The Morgan fingerprint density at radius 2 is 1.55 bits per heavy atom. The van der Waals surface area contributed by atoms with E-state index >= 15 is 0 Å². The first kappa shape index (κ1) is 11.0. The van der Waals surface area contributed by atoms with Gasteiger partial charge in [-0.3, -0.25) is 0 Å². The molecule has 11 heavy (non-hydrogen) atoms. The predicted molar refractivity (Wildman–Crippen MR) is 52.7 cm³/mol. The minimum Gasteiger partial charge on any atom is -0.0651 e. The van der Waals surface area contributed by atoms with Crippen LogP contribution in [0.2, 0.25) is 0 Å². The van der Waals surface area contributed by atoms with Gasteiger partial charge in [0.25, 0.3) is 0 Å². The van der Waals surface area contributed by atoms with E-state index in [1.807, 2.05) is 0 Å². The van der Waals surface area contributed by atoms with E-state index in [4.69, 9.17) is 0 Å². The fraction of sp³-hybridized carbons (Fsp3) is 1.00. The van der Waals surface area contributed by atoms with E-state index in [0.717, 1.165) is 11.8 Å². The average molecular weight is 156 g/mol. The smallest absolute Gasteiger partial charge is 0.0357 e. The summed E-state index contributed by atoms with van der Waals surface area (Å²) >= 11 is 0. The molecule has 0 aromatic carbocycles. The topological polar surface area (TPSA) is 0 Å². The lowest BCUT2D eigenvalue weighted by Crippen LogP contribution is -2.19. The Kier molecular flexibility index (Phi) is 4.13. The molecule has 0 amide bonds. The van der Waals surface area contributed by atoms with Gasteiger partial charge in [0.05, 0.1) is 0 Å². The maximum atomic E-state index is 2.37. The Morgan fingerprint density at radius 3 is 1.82 bits per heavy atom. The second-order valence-corrected chi connectivity index (χ2v) is 5.02. The van der Waals surface area contributed by atoms with E-state index in [1.54, 1.807) is 0 Å². The van der Waals surface area contributed by atoms with Gasteiger partial charge >= 0.3 is 0 Å². The van der Waals surface area contributed by atoms with Crippen LogP contribution in [0.3, 0.4) is 0 Å². The van der Waals surface area contributed by atoms with Crippen molar-refractivity contribution in [2.75, 3.05) is 0 Å².